The summed E-state index contributed by atoms with van der Waals surface area (Å²) in [6.45, 7) is 2.65. The van der Waals surface area contributed by atoms with Gasteiger partial charge in [0, 0.05) is 19.1 Å². The molecule has 120 valence electrons. The van der Waals surface area contributed by atoms with Gasteiger partial charge in [-0.3, -0.25) is 9.69 Å². The third-order valence-corrected chi connectivity index (χ3v) is 4.04. The van der Waals surface area contributed by atoms with Crippen LogP contribution in [0.4, 0.5) is 0 Å². The molecule has 0 saturated carbocycles. The molecule has 1 fully saturated rings. The minimum absolute atomic E-state index is 0.00203. The molecule has 3 rings (SSSR count). The molecular formula is C16H22N2O4. The van der Waals surface area contributed by atoms with E-state index in [9.17, 15) is 4.79 Å². The molecule has 1 aromatic rings. The molecule has 2 unspecified atom stereocenters. The van der Waals surface area contributed by atoms with Crippen LogP contribution in [0.2, 0.25) is 0 Å². The number of piperidine rings is 1. The number of likely N-dealkylation sites (tertiary alicyclic amines) is 1. The Morgan fingerprint density at radius 3 is 3.00 bits per heavy atom. The molecule has 1 amide bonds. The Kier molecular flexibility index (Phi) is 4.80. The molecule has 1 saturated heterocycles. The summed E-state index contributed by atoms with van der Waals surface area (Å²) in [6, 6.07) is 7.80. The Hall–Kier alpha value is -1.79. The van der Waals surface area contributed by atoms with Crippen molar-refractivity contribution in [3.05, 3.63) is 24.3 Å². The van der Waals surface area contributed by atoms with Crippen molar-refractivity contribution in [3.8, 4) is 11.5 Å². The minimum Gasteiger partial charge on any atom is -0.486 e. The molecule has 0 radical (unpaired) electrons. The van der Waals surface area contributed by atoms with E-state index in [1.807, 2.05) is 24.3 Å². The van der Waals surface area contributed by atoms with Gasteiger partial charge in [-0.2, -0.15) is 0 Å². The third-order valence-electron chi connectivity index (χ3n) is 4.04. The zero-order valence-corrected chi connectivity index (χ0v) is 12.5. The van der Waals surface area contributed by atoms with E-state index in [0.29, 0.717) is 6.61 Å². The minimum atomic E-state index is -0.452. The van der Waals surface area contributed by atoms with E-state index in [1.165, 1.54) is 0 Å². The Balaban J connectivity index is 1.52. The van der Waals surface area contributed by atoms with Gasteiger partial charge in [0.15, 0.2) is 11.5 Å². The molecule has 1 aromatic carbocycles. The highest BCUT2D eigenvalue weighted by Crippen LogP contribution is 2.31. The lowest BCUT2D eigenvalue weighted by molar-refractivity contribution is -0.124. The molecule has 2 aliphatic rings. The smallest absolute Gasteiger partial charge is 0.245 e. The van der Waals surface area contributed by atoms with Gasteiger partial charge in [0.05, 0.1) is 0 Å². The van der Waals surface area contributed by atoms with Crippen LogP contribution in [0.15, 0.2) is 24.3 Å². The maximum absolute atomic E-state index is 11.3. The van der Waals surface area contributed by atoms with Crippen molar-refractivity contribution in [2.45, 2.75) is 25.0 Å². The van der Waals surface area contributed by atoms with Crippen LogP contribution in [0.25, 0.3) is 0 Å². The monoisotopic (exact) mass is 306 g/mol. The number of aliphatic hydroxyl groups excluding tert-OH is 1. The van der Waals surface area contributed by atoms with E-state index in [1.54, 1.807) is 0 Å². The van der Waals surface area contributed by atoms with Crippen LogP contribution < -0.4 is 14.8 Å². The van der Waals surface area contributed by atoms with Crippen LogP contribution in [-0.2, 0) is 4.79 Å². The highest BCUT2D eigenvalue weighted by atomic mass is 16.6. The molecule has 2 heterocycles. The first-order chi connectivity index (χ1) is 10.7. The van der Waals surface area contributed by atoms with E-state index in [4.69, 9.17) is 14.6 Å². The normalized spacial score (nSPS) is 24.8. The predicted molar refractivity (Wildman–Crippen MR) is 81.0 cm³/mol. The lowest BCUT2D eigenvalue weighted by Gasteiger charge is -2.36. The molecule has 0 aliphatic carbocycles. The van der Waals surface area contributed by atoms with Crippen molar-refractivity contribution in [3.63, 3.8) is 0 Å². The molecule has 22 heavy (non-hydrogen) atoms. The number of para-hydroxylation sites is 2. The highest BCUT2D eigenvalue weighted by molar-refractivity contribution is 5.77. The Bertz CT molecular complexity index is 523. The first-order valence-corrected chi connectivity index (χ1v) is 7.75. The maximum Gasteiger partial charge on any atom is 0.245 e. The van der Waals surface area contributed by atoms with Crippen molar-refractivity contribution in [1.29, 1.82) is 0 Å². The summed E-state index contributed by atoms with van der Waals surface area (Å²) in [5.74, 6) is 1.28. The molecule has 2 N–H and O–H groups in total. The fourth-order valence-corrected chi connectivity index (χ4v) is 3.05. The van der Waals surface area contributed by atoms with Crippen LogP contribution in [0.5, 0.6) is 11.5 Å². The molecule has 6 nitrogen and oxygen atoms in total. The van der Waals surface area contributed by atoms with Crippen LogP contribution >= 0.6 is 0 Å². The second-order valence-corrected chi connectivity index (χ2v) is 5.82. The maximum atomic E-state index is 11.3. The molecule has 0 spiro atoms. The number of aliphatic hydroxyl groups is 1. The van der Waals surface area contributed by atoms with Crippen molar-refractivity contribution in [2.75, 3.05) is 32.8 Å². The van der Waals surface area contributed by atoms with Gasteiger partial charge < -0.3 is 19.9 Å². The number of fused-ring (bicyclic) bond motifs is 1. The van der Waals surface area contributed by atoms with E-state index in [0.717, 1.165) is 44.0 Å². The molecule has 0 aromatic heterocycles. The van der Waals surface area contributed by atoms with E-state index < -0.39 is 6.61 Å². The summed E-state index contributed by atoms with van der Waals surface area (Å²) in [5.41, 5.74) is 0. The molecule has 6 heteroatoms. The van der Waals surface area contributed by atoms with Gasteiger partial charge in [-0.1, -0.05) is 12.1 Å². The van der Waals surface area contributed by atoms with Crippen LogP contribution in [0, 0.1) is 0 Å². The number of carbonyl (C=O) groups excluding carboxylic acids is 1. The van der Waals surface area contributed by atoms with Gasteiger partial charge in [-0.05, 0) is 31.5 Å². The summed E-state index contributed by atoms with van der Waals surface area (Å²) in [6.07, 6.45) is 1.98. The van der Waals surface area contributed by atoms with Gasteiger partial charge in [0.2, 0.25) is 5.91 Å². The zero-order chi connectivity index (χ0) is 15.4. The standard InChI is InChI=1S/C16H22N2O4/c19-10-16(20)17-12-4-3-7-18(8-12)9-13-11-21-14-5-1-2-6-15(14)22-13/h1-2,5-6,12-13,19H,3-4,7-11H2,(H,17,20). The third kappa shape index (κ3) is 3.69. The summed E-state index contributed by atoms with van der Waals surface area (Å²) in [7, 11) is 0. The van der Waals surface area contributed by atoms with Crippen LogP contribution in [0.3, 0.4) is 0 Å². The molecular weight excluding hydrogens is 284 g/mol. The van der Waals surface area contributed by atoms with E-state index in [2.05, 4.69) is 10.2 Å². The number of hydrogen-bond donors (Lipinski definition) is 2. The first-order valence-electron chi connectivity index (χ1n) is 7.75. The van der Waals surface area contributed by atoms with E-state index in [-0.39, 0.29) is 18.1 Å². The molecule has 2 aliphatic heterocycles. The summed E-state index contributed by atoms with van der Waals surface area (Å²) in [5, 5.41) is 11.7. The van der Waals surface area contributed by atoms with Crippen molar-refractivity contribution < 1.29 is 19.4 Å². The van der Waals surface area contributed by atoms with Gasteiger partial charge in [-0.15, -0.1) is 0 Å². The SMILES string of the molecule is O=C(CO)NC1CCCN(CC2COc3ccccc3O2)C1. The number of hydrogen-bond acceptors (Lipinski definition) is 5. The molecule has 2 atom stereocenters. The van der Waals surface area contributed by atoms with Gasteiger partial charge in [0.25, 0.3) is 0 Å². The number of nitrogens with one attached hydrogen (secondary N) is 1. The summed E-state index contributed by atoms with van der Waals surface area (Å²) >= 11 is 0. The highest BCUT2D eigenvalue weighted by Gasteiger charge is 2.27. The average molecular weight is 306 g/mol. The Labute approximate surface area is 130 Å². The van der Waals surface area contributed by atoms with Gasteiger partial charge in [-0.25, -0.2) is 0 Å². The van der Waals surface area contributed by atoms with Crippen molar-refractivity contribution >= 4 is 5.91 Å². The summed E-state index contributed by atoms with van der Waals surface area (Å²) < 4.78 is 11.7. The summed E-state index contributed by atoms with van der Waals surface area (Å²) in [4.78, 5) is 13.6. The fraction of sp³-hybridized carbons (Fsp3) is 0.562. The molecule has 0 bridgehead atoms. The van der Waals surface area contributed by atoms with Gasteiger partial charge in [0.1, 0.15) is 19.3 Å². The topological polar surface area (TPSA) is 71.0 Å². The Morgan fingerprint density at radius 2 is 2.18 bits per heavy atom. The van der Waals surface area contributed by atoms with Crippen molar-refractivity contribution in [1.82, 2.24) is 10.2 Å². The fourth-order valence-electron chi connectivity index (χ4n) is 3.05. The number of ether oxygens (including phenoxy) is 2. The number of benzene rings is 1. The number of carbonyl (C=O) groups is 1. The van der Waals surface area contributed by atoms with Crippen LogP contribution in [-0.4, -0.2) is 60.9 Å². The van der Waals surface area contributed by atoms with Crippen molar-refractivity contribution in [2.24, 2.45) is 0 Å². The lowest BCUT2D eigenvalue weighted by Crippen LogP contribution is -2.51. The predicted octanol–water partition coefficient (Wildman–Crippen LogP) is 0.399. The quantitative estimate of drug-likeness (QED) is 0.842. The first kappa shape index (κ1) is 15.1. The number of rotatable bonds is 4. The number of amides is 1. The average Bonchev–Trinajstić information content (AvgIpc) is 2.55. The second-order valence-electron chi connectivity index (χ2n) is 5.82. The Morgan fingerprint density at radius 1 is 1.36 bits per heavy atom. The zero-order valence-electron chi connectivity index (χ0n) is 12.5. The van der Waals surface area contributed by atoms with Gasteiger partial charge >= 0.3 is 0 Å². The largest absolute Gasteiger partial charge is 0.486 e. The van der Waals surface area contributed by atoms with E-state index >= 15 is 0 Å². The van der Waals surface area contributed by atoms with Crippen LogP contribution in [0.1, 0.15) is 12.8 Å². The second kappa shape index (κ2) is 6.98. The number of nitrogens with zero attached hydrogens (tertiary/aromatic N) is 1. The lowest BCUT2D eigenvalue weighted by atomic mass is 10.1.